The third-order valence-electron chi connectivity index (χ3n) is 3.28. The minimum absolute atomic E-state index is 0.00313. The van der Waals surface area contributed by atoms with E-state index in [2.05, 4.69) is 11.6 Å². The van der Waals surface area contributed by atoms with E-state index in [1.807, 2.05) is 0 Å². The first kappa shape index (κ1) is 13.6. The van der Waals surface area contributed by atoms with Gasteiger partial charge in [-0.15, -0.1) is 0 Å². The Balaban J connectivity index is 2.23. The van der Waals surface area contributed by atoms with Crippen LogP contribution < -0.4 is 10.5 Å². The summed E-state index contributed by atoms with van der Waals surface area (Å²) in [5.41, 5.74) is 5.92. The maximum atomic E-state index is 12.2. The Bertz CT molecular complexity index is 545. The zero-order valence-electron chi connectivity index (χ0n) is 10.2. The van der Waals surface area contributed by atoms with Gasteiger partial charge in [0.25, 0.3) is 0 Å². The minimum Gasteiger partial charge on any atom is -0.398 e. The molecule has 0 radical (unpaired) electrons. The number of rotatable bonds is 3. The molecule has 1 aromatic carbocycles. The van der Waals surface area contributed by atoms with E-state index < -0.39 is 10.0 Å². The molecule has 0 heterocycles. The van der Waals surface area contributed by atoms with Crippen molar-refractivity contribution in [3.63, 3.8) is 0 Å². The van der Waals surface area contributed by atoms with Gasteiger partial charge in [-0.25, -0.2) is 13.1 Å². The van der Waals surface area contributed by atoms with Crippen LogP contribution in [-0.4, -0.2) is 14.5 Å². The van der Waals surface area contributed by atoms with Crippen LogP contribution in [0.15, 0.2) is 23.1 Å². The van der Waals surface area contributed by atoms with Gasteiger partial charge in [-0.2, -0.15) is 0 Å². The molecule has 0 saturated heterocycles. The van der Waals surface area contributed by atoms with Crippen LogP contribution >= 0.6 is 11.6 Å². The predicted molar refractivity (Wildman–Crippen MR) is 73.0 cm³/mol. The maximum absolute atomic E-state index is 12.2. The number of halogens is 1. The van der Waals surface area contributed by atoms with Crippen LogP contribution in [0.2, 0.25) is 5.02 Å². The summed E-state index contributed by atoms with van der Waals surface area (Å²) in [6, 6.07) is 4.47. The molecule has 4 nitrogen and oxygen atoms in total. The van der Waals surface area contributed by atoms with E-state index in [-0.39, 0.29) is 16.6 Å². The van der Waals surface area contributed by atoms with Gasteiger partial charge in [-0.05, 0) is 43.4 Å². The van der Waals surface area contributed by atoms with Crippen LogP contribution in [0, 0.1) is 5.92 Å². The normalized spacial score (nSPS) is 24.3. The van der Waals surface area contributed by atoms with Gasteiger partial charge in [0.1, 0.15) is 4.90 Å². The average molecular weight is 289 g/mol. The largest absolute Gasteiger partial charge is 0.398 e. The molecular weight excluding hydrogens is 272 g/mol. The van der Waals surface area contributed by atoms with Crippen molar-refractivity contribution in [3.8, 4) is 0 Å². The van der Waals surface area contributed by atoms with Gasteiger partial charge in [0.05, 0.1) is 5.69 Å². The van der Waals surface area contributed by atoms with Crippen LogP contribution in [0.3, 0.4) is 0 Å². The second-order valence-electron chi connectivity index (χ2n) is 4.92. The second-order valence-corrected chi connectivity index (χ2v) is 7.04. The number of hydrogen-bond donors (Lipinski definition) is 2. The lowest BCUT2D eigenvalue weighted by atomic mass is 10.1. The quantitative estimate of drug-likeness (QED) is 0.839. The predicted octanol–water partition coefficient (Wildman–Crippen LogP) is 2.39. The zero-order chi connectivity index (χ0) is 13.3. The molecule has 100 valence electrons. The van der Waals surface area contributed by atoms with Gasteiger partial charge in [0, 0.05) is 11.1 Å². The molecule has 2 unspecified atom stereocenters. The summed E-state index contributed by atoms with van der Waals surface area (Å²) in [7, 11) is -3.58. The molecule has 0 amide bonds. The van der Waals surface area contributed by atoms with Crippen molar-refractivity contribution in [2.75, 3.05) is 5.73 Å². The van der Waals surface area contributed by atoms with Crippen molar-refractivity contribution in [2.24, 2.45) is 5.92 Å². The first-order chi connectivity index (χ1) is 8.38. The van der Waals surface area contributed by atoms with Crippen molar-refractivity contribution in [2.45, 2.75) is 37.1 Å². The molecule has 1 aliphatic rings. The van der Waals surface area contributed by atoms with Gasteiger partial charge in [0.15, 0.2) is 0 Å². The average Bonchev–Trinajstić information content (AvgIpc) is 2.66. The highest BCUT2D eigenvalue weighted by Gasteiger charge is 2.27. The highest BCUT2D eigenvalue weighted by atomic mass is 35.5. The molecule has 3 N–H and O–H groups in total. The van der Waals surface area contributed by atoms with Gasteiger partial charge in [-0.3, -0.25) is 0 Å². The molecule has 2 rings (SSSR count). The number of anilines is 1. The molecule has 0 aliphatic heterocycles. The Morgan fingerprint density at radius 2 is 2.11 bits per heavy atom. The molecule has 1 aromatic rings. The number of hydrogen-bond acceptors (Lipinski definition) is 3. The zero-order valence-corrected chi connectivity index (χ0v) is 11.8. The molecule has 0 aromatic heterocycles. The fourth-order valence-electron chi connectivity index (χ4n) is 2.34. The Kier molecular flexibility index (Phi) is 3.84. The second kappa shape index (κ2) is 5.07. The van der Waals surface area contributed by atoms with E-state index >= 15 is 0 Å². The fraction of sp³-hybridized carbons (Fsp3) is 0.500. The topological polar surface area (TPSA) is 72.2 Å². The van der Waals surface area contributed by atoms with Crippen molar-refractivity contribution in [1.82, 2.24) is 4.72 Å². The van der Waals surface area contributed by atoms with Crippen LogP contribution in [0.1, 0.15) is 26.2 Å². The Labute approximate surface area is 113 Å². The van der Waals surface area contributed by atoms with Crippen molar-refractivity contribution >= 4 is 27.3 Å². The lowest BCUT2D eigenvalue weighted by Gasteiger charge is -2.14. The first-order valence-corrected chi connectivity index (χ1v) is 7.82. The highest BCUT2D eigenvalue weighted by Crippen LogP contribution is 2.28. The summed E-state index contributed by atoms with van der Waals surface area (Å²) < 4.78 is 27.1. The number of benzene rings is 1. The van der Waals surface area contributed by atoms with E-state index in [1.54, 1.807) is 6.07 Å². The molecule has 1 aliphatic carbocycles. The van der Waals surface area contributed by atoms with E-state index in [4.69, 9.17) is 17.3 Å². The lowest BCUT2D eigenvalue weighted by Crippen LogP contribution is -2.33. The molecule has 0 bridgehead atoms. The number of nitrogens with two attached hydrogens (primary N) is 1. The summed E-state index contributed by atoms with van der Waals surface area (Å²) in [6.07, 6.45) is 2.80. The Morgan fingerprint density at radius 3 is 2.72 bits per heavy atom. The minimum atomic E-state index is -3.58. The molecule has 1 saturated carbocycles. The van der Waals surface area contributed by atoms with Crippen molar-refractivity contribution in [1.29, 1.82) is 0 Å². The van der Waals surface area contributed by atoms with E-state index in [1.165, 1.54) is 12.1 Å². The third-order valence-corrected chi connectivity index (χ3v) is 5.09. The maximum Gasteiger partial charge on any atom is 0.242 e. The van der Waals surface area contributed by atoms with Crippen LogP contribution in [0.5, 0.6) is 0 Å². The van der Waals surface area contributed by atoms with E-state index in [0.29, 0.717) is 10.9 Å². The molecule has 1 fully saturated rings. The van der Waals surface area contributed by atoms with E-state index in [9.17, 15) is 8.42 Å². The van der Waals surface area contributed by atoms with Gasteiger partial charge in [0.2, 0.25) is 10.0 Å². The summed E-state index contributed by atoms with van der Waals surface area (Å²) >= 11 is 5.81. The van der Waals surface area contributed by atoms with Crippen molar-refractivity contribution in [3.05, 3.63) is 23.2 Å². The van der Waals surface area contributed by atoms with Crippen LogP contribution in [-0.2, 0) is 10.0 Å². The fourth-order valence-corrected chi connectivity index (χ4v) is 4.02. The molecule has 18 heavy (non-hydrogen) atoms. The van der Waals surface area contributed by atoms with Crippen LogP contribution in [0.4, 0.5) is 5.69 Å². The third kappa shape index (κ3) is 2.96. The molecular formula is C12H17ClN2O2S. The van der Waals surface area contributed by atoms with E-state index in [0.717, 1.165) is 19.3 Å². The van der Waals surface area contributed by atoms with Gasteiger partial charge in [-0.1, -0.05) is 18.5 Å². The Hall–Kier alpha value is -0.780. The summed E-state index contributed by atoms with van der Waals surface area (Å²) in [4.78, 5) is 0.0644. The first-order valence-electron chi connectivity index (χ1n) is 5.96. The summed E-state index contributed by atoms with van der Waals surface area (Å²) in [5, 5.41) is 0.365. The molecule has 6 heteroatoms. The number of sulfonamides is 1. The van der Waals surface area contributed by atoms with Gasteiger partial charge >= 0.3 is 0 Å². The summed E-state index contributed by atoms with van der Waals surface area (Å²) in [6.45, 7) is 2.13. The lowest BCUT2D eigenvalue weighted by molar-refractivity contribution is 0.538. The number of nitrogens with one attached hydrogen (secondary N) is 1. The Morgan fingerprint density at radius 1 is 1.39 bits per heavy atom. The van der Waals surface area contributed by atoms with Crippen LogP contribution in [0.25, 0.3) is 0 Å². The van der Waals surface area contributed by atoms with Crippen molar-refractivity contribution < 1.29 is 8.42 Å². The monoisotopic (exact) mass is 288 g/mol. The highest BCUT2D eigenvalue weighted by molar-refractivity contribution is 7.89. The molecule has 0 spiro atoms. The van der Waals surface area contributed by atoms with Gasteiger partial charge < -0.3 is 5.73 Å². The number of nitrogen functional groups attached to an aromatic ring is 1. The smallest absolute Gasteiger partial charge is 0.242 e. The SMILES string of the molecule is CC1CCC(NS(=O)(=O)c2cc(Cl)ccc2N)C1. The summed E-state index contributed by atoms with van der Waals surface area (Å²) in [5.74, 6) is 0.564. The molecule has 2 atom stereocenters. The standard InChI is InChI=1S/C12H17ClN2O2S/c1-8-2-4-10(6-8)15-18(16,17)12-7-9(13)3-5-11(12)14/h3,5,7-8,10,15H,2,4,6,14H2,1H3.